The fourth-order valence-electron chi connectivity index (χ4n) is 3.06. The third kappa shape index (κ3) is 1.66. The third-order valence-electron chi connectivity index (χ3n) is 3.81. The average molecular weight is 206 g/mol. The van der Waals surface area contributed by atoms with Crippen molar-refractivity contribution >= 4 is 11.6 Å². The normalized spacial score (nSPS) is 31.1. The first-order chi connectivity index (χ1) is 7.19. The first-order valence-corrected chi connectivity index (χ1v) is 5.96. The molecule has 2 aliphatic carbocycles. The minimum absolute atomic E-state index is 0.214. The second kappa shape index (κ2) is 3.92. The van der Waals surface area contributed by atoms with Gasteiger partial charge in [-0.05, 0) is 31.8 Å². The largest absolute Gasteiger partial charge is 0.299 e. The van der Waals surface area contributed by atoms with Crippen molar-refractivity contribution in [3.05, 3.63) is 11.6 Å². The molecule has 0 N–H and O–H groups in total. The maximum Gasteiger partial charge on any atom is 0.155 e. The number of hydrogen-bond acceptors (Lipinski definition) is 2. The standard InChI is InChI=1S/C13H18O2/c1-2-7-13-8-6-11(14)9-10(13)4-3-5-12(13)15/h9H,2-8H2,1H3/t13-/m0/s1. The number of carbonyl (C=O) groups is 2. The van der Waals surface area contributed by atoms with E-state index >= 15 is 0 Å². The molecule has 2 rings (SSSR count). The van der Waals surface area contributed by atoms with Gasteiger partial charge in [-0.15, -0.1) is 0 Å². The van der Waals surface area contributed by atoms with Crippen molar-refractivity contribution in [2.75, 3.05) is 0 Å². The van der Waals surface area contributed by atoms with Crippen LogP contribution in [-0.4, -0.2) is 11.6 Å². The van der Waals surface area contributed by atoms with Crippen molar-refractivity contribution < 1.29 is 9.59 Å². The molecular formula is C13H18O2. The summed E-state index contributed by atoms with van der Waals surface area (Å²) in [6.07, 6.45) is 7.66. The summed E-state index contributed by atoms with van der Waals surface area (Å²) in [5.41, 5.74) is 0.901. The minimum atomic E-state index is -0.235. The number of hydrogen-bond donors (Lipinski definition) is 0. The maximum atomic E-state index is 12.1. The Balaban J connectivity index is 2.37. The van der Waals surface area contributed by atoms with Gasteiger partial charge in [0.2, 0.25) is 0 Å². The highest BCUT2D eigenvalue weighted by molar-refractivity contribution is 5.97. The Hall–Kier alpha value is -0.920. The zero-order valence-electron chi connectivity index (χ0n) is 9.34. The number of Topliss-reactive ketones (excluding diaryl/α,β-unsaturated/α-hetero) is 1. The molecule has 0 aliphatic heterocycles. The lowest BCUT2D eigenvalue weighted by molar-refractivity contribution is -0.130. The van der Waals surface area contributed by atoms with Gasteiger partial charge < -0.3 is 0 Å². The predicted octanol–water partition coefficient (Wildman–Crippen LogP) is 2.82. The first kappa shape index (κ1) is 10.6. The molecule has 2 nitrogen and oxygen atoms in total. The molecule has 1 fully saturated rings. The summed E-state index contributed by atoms with van der Waals surface area (Å²) >= 11 is 0. The first-order valence-electron chi connectivity index (χ1n) is 5.96. The van der Waals surface area contributed by atoms with Crippen LogP contribution in [-0.2, 0) is 9.59 Å². The summed E-state index contributed by atoms with van der Waals surface area (Å²) in [7, 11) is 0. The molecule has 82 valence electrons. The van der Waals surface area contributed by atoms with Gasteiger partial charge in [0.15, 0.2) is 5.78 Å². The average Bonchev–Trinajstić information content (AvgIpc) is 2.21. The molecule has 0 aromatic carbocycles. The molecule has 0 unspecified atom stereocenters. The van der Waals surface area contributed by atoms with Crippen molar-refractivity contribution in [1.29, 1.82) is 0 Å². The van der Waals surface area contributed by atoms with Crippen molar-refractivity contribution in [3.63, 3.8) is 0 Å². The topological polar surface area (TPSA) is 34.1 Å². The molecular weight excluding hydrogens is 188 g/mol. The molecule has 0 amide bonds. The minimum Gasteiger partial charge on any atom is -0.299 e. The van der Waals surface area contributed by atoms with Gasteiger partial charge in [0.05, 0.1) is 5.41 Å². The SMILES string of the molecule is CCC[C@]12CCC(=O)C=C1CCCC2=O. The van der Waals surface area contributed by atoms with Gasteiger partial charge in [-0.2, -0.15) is 0 Å². The summed E-state index contributed by atoms with van der Waals surface area (Å²) in [4.78, 5) is 23.5. The summed E-state index contributed by atoms with van der Waals surface area (Å²) < 4.78 is 0. The second-order valence-corrected chi connectivity index (χ2v) is 4.74. The number of ketones is 2. The van der Waals surface area contributed by atoms with E-state index in [-0.39, 0.29) is 11.2 Å². The molecule has 0 bridgehead atoms. The summed E-state index contributed by atoms with van der Waals surface area (Å²) in [6, 6.07) is 0. The summed E-state index contributed by atoms with van der Waals surface area (Å²) in [6.45, 7) is 2.12. The van der Waals surface area contributed by atoms with Crippen LogP contribution in [0.2, 0.25) is 0 Å². The van der Waals surface area contributed by atoms with Crippen molar-refractivity contribution in [2.24, 2.45) is 5.41 Å². The van der Waals surface area contributed by atoms with E-state index in [1.165, 1.54) is 0 Å². The van der Waals surface area contributed by atoms with Gasteiger partial charge in [-0.25, -0.2) is 0 Å². The van der Waals surface area contributed by atoms with Gasteiger partial charge in [0.1, 0.15) is 5.78 Å². The predicted molar refractivity (Wildman–Crippen MR) is 58.5 cm³/mol. The summed E-state index contributed by atoms with van der Waals surface area (Å²) in [5, 5.41) is 0. The molecule has 15 heavy (non-hydrogen) atoms. The zero-order valence-corrected chi connectivity index (χ0v) is 9.34. The van der Waals surface area contributed by atoms with Crippen LogP contribution in [0.15, 0.2) is 11.6 Å². The molecule has 0 heterocycles. The number of allylic oxidation sites excluding steroid dienone is 2. The Morgan fingerprint density at radius 2 is 2.07 bits per heavy atom. The van der Waals surface area contributed by atoms with Gasteiger partial charge in [-0.3, -0.25) is 9.59 Å². The highest BCUT2D eigenvalue weighted by Gasteiger charge is 2.44. The second-order valence-electron chi connectivity index (χ2n) is 4.74. The van der Waals surface area contributed by atoms with E-state index in [1.807, 2.05) is 0 Å². The van der Waals surface area contributed by atoms with Gasteiger partial charge in [0, 0.05) is 12.8 Å². The highest BCUT2D eigenvalue weighted by atomic mass is 16.1. The van der Waals surface area contributed by atoms with Crippen LogP contribution in [0.25, 0.3) is 0 Å². The van der Waals surface area contributed by atoms with Crippen molar-refractivity contribution in [2.45, 2.75) is 51.9 Å². The number of fused-ring (bicyclic) bond motifs is 1. The monoisotopic (exact) mass is 206 g/mol. The van der Waals surface area contributed by atoms with Crippen LogP contribution in [0.4, 0.5) is 0 Å². The maximum absolute atomic E-state index is 12.1. The zero-order chi connectivity index (χ0) is 10.9. The Kier molecular flexibility index (Phi) is 2.76. The Morgan fingerprint density at radius 1 is 1.27 bits per heavy atom. The van der Waals surface area contributed by atoms with E-state index in [1.54, 1.807) is 6.08 Å². The van der Waals surface area contributed by atoms with E-state index in [9.17, 15) is 9.59 Å². The Morgan fingerprint density at radius 3 is 2.80 bits per heavy atom. The third-order valence-corrected chi connectivity index (χ3v) is 3.81. The lowest BCUT2D eigenvalue weighted by atomic mass is 9.62. The van der Waals surface area contributed by atoms with Crippen LogP contribution >= 0.6 is 0 Å². The fraction of sp³-hybridized carbons (Fsp3) is 0.692. The van der Waals surface area contributed by atoms with Crippen molar-refractivity contribution in [3.8, 4) is 0 Å². The molecule has 2 heteroatoms. The van der Waals surface area contributed by atoms with Gasteiger partial charge in [0.25, 0.3) is 0 Å². The lowest BCUT2D eigenvalue weighted by Crippen LogP contribution is -2.39. The Labute approximate surface area is 90.7 Å². The van der Waals surface area contributed by atoms with Gasteiger partial charge >= 0.3 is 0 Å². The molecule has 2 aliphatic rings. The molecule has 0 aromatic heterocycles. The molecule has 0 radical (unpaired) electrons. The fourth-order valence-corrected chi connectivity index (χ4v) is 3.06. The van der Waals surface area contributed by atoms with E-state index < -0.39 is 0 Å². The number of rotatable bonds is 2. The Bertz CT molecular complexity index is 327. The molecule has 1 saturated carbocycles. The molecule has 0 saturated heterocycles. The van der Waals surface area contributed by atoms with Crippen molar-refractivity contribution in [1.82, 2.24) is 0 Å². The van der Waals surface area contributed by atoms with Crippen LogP contribution in [0, 0.1) is 5.41 Å². The van der Waals surface area contributed by atoms with Gasteiger partial charge in [-0.1, -0.05) is 18.9 Å². The molecule has 0 aromatic rings. The summed E-state index contributed by atoms with van der Waals surface area (Å²) in [5.74, 6) is 0.598. The van der Waals surface area contributed by atoms with E-state index in [4.69, 9.17) is 0 Å². The van der Waals surface area contributed by atoms with Crippen LogP contribution in [0.1, 0.15) is 51.9 Å². The van der Waals surface area contributed by atoms with E-state index in [0.717, 1.165) is 37.7 Å². The molecule has 0 spiro atoms. The lowest BCUT2D eigenvalue weighted by Gasteiger charge is -2.40. The highest BCUT2D eigenvalue weighted by Crippen LogP contribution is 2.47. The van der Waals surface area contributed by atoms with E-state index in [0.29, 0.717) is 18.6 Å². The smallest absolute Gasteiger partial charge is 0.155 e. The van der Waals surface area contributed by atoms with Crippen LogP contribution in [0.5, 0.6) is 0 Å². The van der Waals surface area contributed by atoms with E-state index in [2.05, 4.69) is 6.92 Å². The number of carbonyl (C=O) groups excluding carboxylic acids is 2. The van der Waals surface area contributed by atoms with Crippen LogP contribution < -0.4 is 0 Å². The molecule has 1 atom stereocenters. The van der Waals surface area contributed by atoms with Crippen LogP contribution in [0.3, 0.4) is 0 Å². The quantitative estimate of drug-likeness (QED) is 0.696.